The Balaban J connectivity index is 2.02. The second-order valence-corrected chi connectivity index (χ2v) is 5.95. The van der Waals surface area contributed by atoms with Crippen molar-refractivity contribution in [2.75, 3.05) is 6.54 Å². The molecule has 0 aliphatic heterocycles. The highest BCUT2D eigenvalue weighted by Crippen LogP contribution is 2.23. The zero-order chi connectivity index (χ0) is 13.7. The first kappa shape index (κ1) is 14.1. The van der Waals surface area contributed by atoms with Gasteiger partial charge in [0.1, 0.15) is 0 Å². The molecule has 0 saturated carbocycles. The molecule has 1 heterocycles. The molecule has 0 saturated heterocycles. The van der Waals surface area contributed by atoms with Crippen molar-refractivity contribution in [1.29, 1.82) is 0 Å². The number of benzene rings is 1. The molecule has 2 rings (SSSR count). The van der Waals surface area contributed by atoms with Crippen LogP contribution < -0.4 is 5.73 Å². The second-order valence-electron chi connectivity index (χ2n) is 4.53. The smallest absolute Gasteiger partial charge is 0.236 e. The van der Waals surface area contributed by atoms with Gasteiger partial charge in [-0.25, -0.2) is 0 Å². The van der Waals surface area contributed by atoms with Crippen LogP contribution in [0.15, 0.2) is 28.8 Å². The van der Waals surface area contributed by atoms with E-state index in [-0.39, 0.29) is 0 Å². The highest BCUT2D eigenvalue weighted by Gasteiger charge is 2.11. The van der Waals surface area contributed by atoms with Crippen molar-refractivity contribution in [2.45, 2.75) is 31.3 Å². The maximum Gasteiger partial charge on any atom is 0.236 e. The van der Waals surface area contributed by atoms with E-state index >= 15 is 0 Å². The first-order chi connectivity index (χ1) is 9.20. The van der Waals surface area contributed by atoms with E-state index in [4.69, 9.17) is 10.3 Å². The van der Waals surface area contributed by atoms with Gasteiger partial charge in [0.25, 0.3) is 0 Å². The molecule has 19 heavy (non-hydrogen) atoms. The molecule has 1 aromatic heterocycles. The lowest BCUT2D eigenvalue weighted by molar-refractivity contribution is 0.391. The predicted molar refractivity (Wildman–Crippen MR) is 78.9 cm³/mol. The van der Waals surface area contributed by atoms with Gasteiger partial charge in [0.05, 0.1) is 5.75 Å². The van der Waals surface area contributed by atoms with Gasteiger partial charge >= 0.3 is 0 Å². The number of rotatable bonds is 6. The van der Waals surface area contributed by atoms with Crippen molar-refractivity contribution in [1.82, 2.24) is 10.1 Å². The molecular weight excluding hydrogens is 258 g/mol. The lowest BCUT2D eigenvalue weighted by Gasteiger charge is -2.06. The first-order valence-electron chi connectivity index (χ1n) is 6.41. The number of thioether (sulfide) groups is 1. The topological polar surface area (TPSA) is 64.9 Å². The molecule has 1 atom stereocenters. The summed E-state index contributed by atoms with van der Waals surface area (Å²) >= 11 is 1.79. The molecule has 0 bridgehead atoms. The molecule has 4 nitrogen and oxygen atoms in total. The summed E-state index contributed by atoms with van der Waals surface area (Å²) in [6, 6.07) is 8.04. The third-order valence-electron chi connectivity index (χ3n) is 2.92. The SMILES string of the molecule is Cc1ccccc1-c1noc(CSC(C)CCN)n1. The predicted octanol–water partition coefficient (Wildman–Crippen LogP) is 3.02. The van der Waals surface area contributed by atoms with Gasteiger partial charge in [-0.3, -0.25) is 0 Å². The number of hydrogen-bond acceptors (Lipinski definition) is 5. The van der Waals surface area contributed by atoms with Crippen LogP contribution >= 0.6 is 11.8 Å². The van der Waals surface area contributed by atoms with Gasteiger partial charge < -0.3 is 10.3 Å². The van der Waals surface area contributed by atoms with Crippen LogP contribution in [0.25, 0.3) is 11.4 Å². The summed E-state index contributed by atoms with van der Waals surface area (Å²) in [6.07, 6.45) is 1.00. The molecule has 1 unspecified atom stereocenters. The van der Waals surface area contributed by atoms with Crippen LogP contribution in [0.1, 0.15) is 24.8 Å². The summed E-state index contributed by atoms with van der Waals surface area (Å²) in [5.74, 6) is 2.08. The maximum atomic E-state index is 5.53. The zero-order valence-electron chi connectivity index (χ0n) is 11.3. The van der Waals surface area contributed by atoms with Gasteiger partial charge in [0.2, 0.25) is 11.7 Å². The monoisotopic (exact) mass is 277 g/mol. The Labute approximate surface area is 117 Å². The van der Waals surface area contributed by atoms with E-state index in [1.54, 1.807) is 11.8 Å². The number of aryl methyl sites for hydroxylation is 1. The average molecular weight is 277 g/mol. The Morgan fingerprint density at radius 3 is 2.89 bits per heavy atom. The van der Waals surface area contributed by atoms with E-state index in [0.717, 1.165) is 23.3 Å². The minimum atomic E-state index is 0.513. The largest absolute Gasteiger partial charge is 0.338 e. The number of nitrogens with two attached hydrogens (primary N) is 1. The van der Waals surface area contributed by atoms with Crippen LogP contribution in [-0.2, 0) is 5.75 Å². The van der Waals surface area contributed by atoms with Crippen LogP contribution in [-0.4, -0.2) is 21.9 Å². The number of aromatic nitrogens is 2. The summed E-state index contributed by atoms with van der Waals surface area (Å²) in [4.78, 5) is 4.44. The molecule has 2 aromatic rings. The van der Waals surface area contributed by atoms with Gasteiger partial charge in [-0.05, 0) is 25.5 Å². The van der Waals surface area contributed by atoms with Crippen LogP contribution in [0.3, 0.4) is 0 Å². The summed E-state index contributed by atoms with van der Waals surface area (Å²) in [5, 5.41) is 4.56. The maximum absolute atomic E-state index is 5.53. The van der Waals surface area contributed by atoms with E-state index in [1.165, 1.54) is 0 Å². The van der Waals surface area contributed by atoms with Crippen molar-refractivity contribution in [3.8, 4) is 11.4 Å². The molecule has 5 heteroatoms. The van der Waals surface area contributed by atoms with Crippen LogP contribution in [0.5, 0.6) is 0 Å². The fraction of sp³-hybridized carbons (Fsp3) is 0.429. The third-order valence-corrected chi connectivity index (χ3v) is 4.14. The van der Waals surface area contributed by atoms with Crippen molar-refractivity contribution in [3.05, 3.63) is 35.7 Å². The first-order valence-corrected chi connectivity index (χ1v) is 7.46. The fourth-order valence-electron chi connectivity index (χ4n) is 1.78. The third kappa shape index (κ3) is 3.81. The van der Waals surface area contributed by atoms with Crippen LogP contribution in [0, 0.1) is 6.92 Å². The summed E-state index contributed by atoms with van der Waals surface area (Å²) in [7, 11) is 0. The van der Waals surface area contributed by atoms with E-state index in [9.17, 15) is 0 Å². The van der Waals surface area contributed by atoms with Gasteiger partial charge in [-0.15, -0.1) is 11.8 Å². The Morgan fingerprint density at radius 2 is 2.16 bits per heavy atom. The Kier molecular flexibility index (Phi) is 4.99. The highest BCUT2D eigenvalue weighted by atomic mass is 32.2. The molecule has 1 aromatic carbocycles. The van der Waals surface area contributed by atoms with Crippen LogP contribution in [0.2, 0.25) is 0 Å². The molecule has 0 aliphatic carbocycles. The van der Waals surface area contributed by atoms with Crippen molar-refractivity contribution < 1.29 is 4.52 Å². The lowest BCUT2D eigenvalue weighted by Crippen LogP contribution is -2.07. The van der Waals surface area contributed by atoms with Crippen molar-refractivity contribution in [2.24, 2.45) is 5.73 Å². The number of nitrogens with zero attached hydrogens (tertiary/aromatic N) is 2. The molecular formula is C14H19N3OS. The summed E-state index contributed by atoms with van der Waals surface area (Å²) in [5.41, 5.74) is 7.71. The van der Waals surface area contributed by atoms with E-state index in [1.807, 2.05) is 31.2 Å². The Hall–Kier alpha value is -1.33. The van der Waals surface area contributed by atoms with E-state index in [0.29, 0.717) is 23.5 Å². The lowest BCUT2D eigenvalue weighted by atomic mass is 10.1. The summed E-state index contributed by atoms with van der Waals surface area (Å²) in [6.45, 7) is 4.92. The van der Waals surface area contributed by atoms with Crippen molar-refractivity contribution >= 4 is 11.8 Å². The minimum Gasteiger partial charge on any atom is -0.338 e. The standard InChI is InChI=1S/C14H19N3OS/c1-10-5-3-4-6-12(10)14-16-13(18-17-14)9-19-11(2)7-8-15/h3-6,11H,7-9,15H2,1-2H3. The van der Waals surface area contributed by atoms with E-state index in [2.05, 4.69) is 17.1 Å². The molecule has 0 fully saturated rings. The Morgan fingerprint density at radius 1 is 1.37 bits per heavy atom. The molecule has 2 N–H and O–H groups in total. The van der Waals surface area contributed by atoms with E-state index < -0.39 is 0 Å². The molecule has 0 spiro atoms. The highest BCUT2D eigenvalue weighted by molar-refractivity contribution is 7.99. The van der Waals surface area contributed by atoms with Gasteiger partial charge in [-0.1, -0.05) is 36.3 Å². The van der Waals surface area contributed by atoms with Gasteiger partial charge in [0.15, 0.2) is 0 Å². The zero-order valence-corrected chi connectivity index (χ0v) is 12.1. The number of hydrogen-bond donors (Lipinski definition) is 1. The second kappa shape index (κ2) is 6.73. The van der Waals surface area contributed by atoms with Gasteiger partial charge in [-0.2, -0.15) is 4.98 Å². The summed E-state index contributed by atoms with van der Waals surface area (Å²) < 4.78 is 5.29. The van der Waals surface area contributed by atoms with Gasteiger partial charge in [0, 0.05) is 10.8 Å². The quantitative estimate of drug-likeness (QED) is 0.879. The van der Waals surface area contributed by atoms with Crippen molar-refractivity contribution in [3.63, 3.8) is 0 Å². The molecule has 102 valence electrons. The molecule has 0 amide bonds. The fourth-order valence-corrected chi connectivity index (χ4v) is 2.63. The minimum absolute atomic E-state index is 0.513. The average Bonchev–Trinajstić information content (AvgIpc) is 2.86. The normalized spacial score (nSPS) is 12.6. The molecule has 0 radical (unpaired) electrons. The van der Waals surface area contributed by atoms with Crippen LogP contribution in [0.4, 0.5) is 0 Å². The Bertz CT molecular complexity index is 527. The molecule has 0 aliphatic rings.